The maximum Gasteiger partial charge on any atom is 0.0573 e. The Labute approximate surface area is 87.5 Å². The van der Waals surface area contributed by atoms with E-state index in [4.69, 9.17) is 0 Å². The first kappa shape index (κ1) is 11.4. The molecule has 80 valence electrons. The van der Waals surface area contributed by atoms with Gasteiger partial charge in [-0.25, -0.2) is 0 Å². The summed E-state index contributed by atoms with van der Waals surface area (Å²) in [6, 6.07) is 0. The average Bonchev–Trinajstić information content (AvgIpc) is 2.19. The van der Waals surface area contributed by atoms with Crippen molar-refractivity contribution < 1.29 is 0 Å². The van der Waals surface area contributed by atoms with Crippen LogP contribution in [0.1, 0.15) is 46.5 Å². The molecular weight excluding hydrogens is 172 g/mol. The molecule has 1 rings (SSSR count). The summed E-state index contributed by atoms with van der Waals surface area (Å²) in [7, 11) is 0. The van der Waals surface area contributed by atoms with Gasteiger partial charge in [0.1, 0.15) is 0 Å². The van der Waals surface area contributed by atoms with Gasteiger partial charge in [-0.2, -0.15) is 0 Å². The van der Waals surface area contributed by atoms with Crippen LogP contribution in [0.4, 0.5) is 0 Å². The molecule has 0 aromatic heterocycles. The van der Waals surface area contributed by atoms with Crippen molar-refractivity contribution in [3.8, 4) is 0 Å². The van der Waals surface area contributed by atoms with Gasteiger partial charge in [0.25, 0.3) is 0 Å². The fraction of sp³-hybridized carbons (Fsp3) is 0.833. The van der Waals surface area contributed by atoms with Gasteiger partial charge in [-0.3, -0.25) is 9.98 Å². The third-order valence-electron chi connectivity index (χ3n) is 3.85. The normalized spacial score (nSPS) is 33.8. The highest BCUT2D eigenvalue weighted by molar-refractivity contribution is 5.27. The van der Waals surface area contributed by atoms with E-state index < -0.39 is 0 Å². The molecule has 0 saturated heterocycles. The van der Waals surface area contributed by atoms with Gasteiger partial charge in [0.15, 0.2) is 0 Å². The molecule has 1 fully saturated rings. The lowest BCUT2D eigenvalue weighted by Gasteiger charge is -2.39. The molecule has 0 N–H and O–H groups in total. The molecule has 1 aliphatic carbocycles. The molecule has 1 saturated carbocycles. The second-order valence-electron chi connectivity index (χ2n) is 5.24. The van der Waals surface area contributed by atoms with Gasteiger partial charge < -0.3 is 0 Å². The number of hydrogen-bond acceptors (Lipinski definition) is 2. The van der Waals surface area contributed by atoms with Crippen molar-refractivity contribution in [1.82, 2.24) is 0 Å². The lowest BCUT2D eigenvalue weighted by Crippen LogP contribution is -2.37. The molecule has 0 aromatic rings. The van der Waals surface area contributed by atoms with Crippen LogP contribution >= 0.6 is 0 Å². The van der Waals surface area contributed by atoms with Crippen LogP contribution in [0.25, 0.3) is 0 Å². The highest BCUT2D eigenvalue weighted by Gasteiger charge is 2.36. The molecule has 0 atom stereocenters. The second kappa shape index (κ2) is 3.84. The summed E-state index contributed by atoms with van der Waals surface area (Å²) < 4.78 is 0. The second-order valence-corrected chi connectivity index (χ2v) is 5.24. The first-order valence-electron chi connectivity index (χ1n) is 5.39. The van der Waals surface area contributed by atoms with E-state index in [9.17, 15) is 0 Å². The molecule has 0 heterocycles. The predicted octanol–water partition coefficient (Wildman–Crippen LogP) is 3.12. The molecule has 14 heavy (non-hydrogen) atoms. The van der Waals surface area contributed by atoms with Gasteiger partial charge in [-0.15, -0.1) is 0 Å². The fourth-order valence-corrected chi connectivity index (χ4v) is 2.23. The molecule has 2 heteroatoms. The van der Waals surface area contributed by atoms with Crippen molar-refractivity contribution >= 4 is 13.4 Å². The maximum absolute atomic E-state index is 4.23. The van der Waals surface area contributed by atoms with E-state index in [1.807, 2.05) is 0 Å². The van der Waals surface area contributed by atoms with E-state index in [1.165, 1.54) is 12.8 Å². The Morgan fingerprint density at radius 1 is 1.21 bits per heavy atom. The summed E-state index contributed by atoms with van der Waals surface area (Å²) in [4.78, 5) is 8.45. The Morgan fingerprint density at radius 3 is 2.07 bits per heavy atom. The van der Waals surface area contributed by atoms with Crippen LogP contribution in [0.5, 0.6) is 0 Å². The number of rotatable bonds is 3. The molecule has 1 aliphatic rings. The molecule has 0 radical (unpaired) electrons. The van der Waals surface area contributed by atoms with Crippen molar-refractivity contribution in [2.75, 3.05) is 0 Å². The van der Waals surface area contributed by atoms with E-state index in [0.717, 1.165) is 12.8 Å². The quantitative estimate of drug-likeness (QED) is 0.617. The lowest BCUT2D eigenvalue weighted by atomic mass is 9.71. The smallest absolute Gasteiger partial charge is 0.0573 e. The summed E-state index contributed by atoms with van der Waals surface area (Å²) in [5.74, 6) is 0.662. The molecule has 0 spiro atoms. The zero-order chi connectivity index (χ0) is 10.8. The molecule has 2 nitrogen and oxygen atoms in total. The SMILES string of the molecule is C=NC1(C)CCC(C(C)(C)N=C)CC1. The van der Waals surface area contributed by atoms with E-state index in [-0.39, 0.29) is 11.1 Å². The molecular formula is C12H22N2. The summed E-state index contributed by atoms with van der Waals surface area (Å²) in [6.45, 7) is 13.9. The number of aliphatic imine (C=N–C) groups is 2. The maximum atomic E-state index is 4.23. The van der Waals surface area contributed by atoms with E-state index in [0.29, 0.717) is 5.92 Å². The number of hydrogen-bond donors (Lipinski definition) is 0. The zero-order valence-corrected chi connectivity index (χ0v) is 9.71. The van der Waals surface area contributed by atoms with Crippen LogP contribution in [0.2, 0.25) is 0 Å². The van der Waals surface area contributed by atoms with Crippen molar-refractivity contribution in [1.29, 1.82) is 0 Å². The van der Waals surface area contributed by atoms with Crippen LogP contribution in [-0.4, -0.2) is 24.5 Å². The molecule has 0 unspecified atom stereocenters. The van der Waals surface area contributed by atoms with Crippen molar-refractivity contribution in [2.24, 2.45) is 15.9 Å². The van der Waals surface area contributed by atoms with Gasteiger partial charge in [-0.05, 0) is 65.8 Å². The van der Waals surface area contributed by atoms with Gasteiger partial charge in [-0.1, -0.05) is 0 Å². The topological polar surface area (TPSA) is 24.7 Å². The minimum Gasteiger partial charge on any atom is -0.295 e. The lowest BCUT2D eigenvalue weighted by molar-refractivity contribution is 0.188. The Hall–Kier alpha value is -0.660. The Kier molecular flexibility index (Phi) is 3.13. The first-order chi connectivity index (χ1) is 6.43. The van der Waals surface area contributed by atoms with E-state index in [2.05, 4.69) is 44.2 Å². The van der Waals surface area contributed by atoms with Gasteiger partial charge in [0.2, 0.25) is 0 Å². The Bertz CT molecular complexity index is 222. The fourth-order valence-electron chi connectivity index (χ4n) is 2.23. The number of nitrogens with zero attached hydrogens (tertiary/aromatic N) is 2. The van der Waals surface area contributed by atoms with Gasteiger partial charge in [0, 0.05) is 0 Å². The largest absolute Gasteiger partial charge is 0.295 e. The van der Waals surface area contributed by atoms with Crippen molar-refractivity contribution in [2.45, 2.75) is 57.5 Å². The average molecular weight is 194 g/mol. The van der Waals surface area contributed by atoms with Crippen LogP contribution in [0.15, 0.2) is 9.98 Å². The molecule has 0 aromatic carbocycles. The van der Waals surface area contributed by atoms with Crippen molar-refractivity contribution in [3.05, 3.63) is 0 Å². The van der Waals surface area contributed by atoms with Gasteiger partial charge >= 0.3 is 0 Å². The molecule has 0 bridgehead atoms. The van der Waals surface area contributed by atoms with Gasteiger partial charge in [0.05, 0.1) is 11.1 Å². The molecule has 0 aliphatic heterocycles. The van der Waals surface area contributed by atoms with Crippen LogP contribution in [-0.2, 0) is 0 Å². The van der Waals surface area contributed by atoms with Crippen LogP contribution in [0, 0.1) is 5.92 Å². The third-order valence-corrected chi connectivity index (χ3v) is 3.85. The zero-order valence-electron chi connectivity index (χ0n) is 9.71. The van der Waals surface area contributed by atoms with E-state index >= 15 is 0 Å². The monoisotopic (exact) mass is 194 g/mol. The Balaban J connectivity index is 2.59. The standard InChI is InChI=1S/C12H22N2/c1-11(2,13-4)10-6-8-12(3,14-5)9-7-10/h10H,4-9H2,1-3H3. The van der Waals surface area contributed by atoms with Crippen LogP contribution in [0.3, 0.4) is 0 Å². The van der Waals surface area contributed by atoms with Crippen molar-refractivity contribution in [3.63, 3.8) is 0 Å². The Morgan fingerprint density at radius 2 is 1.71 bits per heavy atom. The highest BCUT2D eigenvalue weighted by atomic mass is 14.9. The first-order valence-corrected chi connectivity index (χ1v) is 5.39. The van der Waals surface area contributed by atoms with Crippen LogP contribution < -0.4 is 0 Å². The highest BCUT2D eigenvalue weighted by Crippen LogP contribution is 2.40. The minimum atomic E-state index is 0.0303. The predicted molar refractivity (Wildman–Crippen MR) is 63.5 cm³/mol. The summed E-state index contributed by atoms with van der Waals surface area (Å²) in [6.07, 6.45) is 4.67. The molecule has 0 amide bonds. The third kappa shape index (κ3) is 2.23. The minimum absolute atomic E-state index is 0.0303. The summed E-state index contributed by atoms with van der Waals surface area (Å²) in [5, 5.41) is 0. The van der Waals surface area contributed by atoms with E-state index in [1.54, 1.807) is 0 Å². The summed E-state index contributed by atoms with van der Waals surface area (Å²) >= 11 is 0. The summed E-state index contributed by atoms with van der Waals surface area (Å²) in [5.41, 5.74) is 0.149.